The Morgan fingerprint density at radius 3 is 2.25 bits per heavy atom. The van der Waals surface area contributed by atoms with Gasteiger partial charge in [-0.2, -0.15) is 0 Å². The van der Waals surface area contributed by atoms with Gasteiger partial charge in [0.2, 0.25) is 17.7 Å². The minimum atomic E-state index is -0.127. The highest BCUT2D eigenvalue weighted by molar-refractivity contribution is 6.01. The minimum absolute atomic E-state index is 0.0509. The Kier molecular flexibility index (Phi) is 5.28. The molecule has 1 aliphatic heterocycles. The molecular weight excluding hydrogens is 304 g/mol. The molecule has 2 aliphatic rings. The Hall–Kier alpha value is -2.17. The molecule has 1 aromatic carbocycles. The number of hydrogen-bond donors (Lipinski definition) is 1. The fourth-order valence-electron chi connectivity index (χ4n) is 3.72. The number of carbonyl (C=O) groups excluding carboxylic acids is 3. The normalized spacial score (nSPS) is 24.2. The third-order valence-electron chi connectivity index (χ3n) is 5.16. The lowest BCUT2D eigenvalue weighted by molar-refractivity contribution is -0.139. The van der Waals surface area contributed by atoms with Crippen LogP contribution < -0.4 is 5.32 Å². The first-order valence-electron chi connectivity index (χ1n) is 8.81. The highest BCUT2D eigenvalue weighted by Crippen LogP contribution is 2.35. The van der Waals surface area contributed by atoms with Gasteiger partial charge in [0.25, 0.3) is 0 Å². The summed E-state index contributed by atoms with van der Waals surface area (Å²) in [5, 5.41) is 2.89. The molecule has 1 saturated heterocycles. The second kappa shape index (κ2) is 7.60. The van der Waals surface area contributed by atoms with E-state index in [1.54, 1.807) is 0 Å². The molecule has 5 heteroatoms. The smallest absolute Gasteiger partial charge is 0.229 e. The molecular formula is C19H24N2O3. The summed E-state index contributed by atoms with van der Waals surface area (Å²) < 4.78 is 0. The first-order chi connectivity index (χ1) is 11.6. The van der Waals surface area contributed by atoms with Gasteiger partial charge in [-0.05, 0) is 37.2 Å². The molecule has 1 N–H and O–H groups in total. The average Bonchev–Trinajstić information content (AvgIpc) is 2.94. The maximum absolute atomic E-state index is 12.3. The van der Waals surface area contributed by atoms with Gasteiger partial charge in [0.1, 0.15) is 0 Å². The monoisotopic (exact) mass is 328 g/mol. The Labute approximate surface area is 142 Å². The summed E-state index contributed by atoms with van der Waals surface area (Å²) in [7, 11) is 0. The summed E-state index contributed by atoms with van der Waals surface area (Å²) in [6.45, 7) is 0.650. The molecule has 1 saturated carbocycles. The van der Waals surface area contributed by atoms with Crippen molar-refractivity contribution < 1.29 is 14.4 Å². The van der Waals surface area contributed by atoms with E-state index in [1.807, 2.05) is 6.07 Å². The number of carbonyl (C=O) groups is 3. The SMILES string of the molecule is O=C(NCCN1C(=O)CCC1=O)C1CCC(c2ccccc2)CC1. The molecule has 1 aliphatic carbocycles. The van der Waals surface area contributed by atoms with E-state index in [2.05, 4.69) is 29.6 Å². The van der Waals surface area contributed by atoms with E-state index in [-0.39, 0.29) is 23.6 Å². The van der Waals surface area contributed by atoms with Gasteiger partial charge in [-0.3, -0.25) is 19.3 Å². The van der Waals surface area contributed by atoms with Crippen LogP contribution in [0.25, 0.3) is 0 Å². The number of rotatable bonds is 5. The van der Waals surface area contributed by atoms with Gasteiger partial charge in [-0.15, -0.1) is 0 Å². The van der Waals surface area contributed by atoms with E-state index in [1.165, 1.54) is 10.5 Å². The van der Waals surface area contributed by atoms with E-state index in [0.717, 1.165) is 25.7 Å². The summed E-state index contributed by atoms with van der Waals surface area (Å²) >= 11 is 0. The quantitative estimate of drug-likeness (QED) is 0.843. The van der Waals surface area contributed by atoms with E-state index in [0.29, 0.717) is 31.8 Å². The number of imide groups is 1. The van der Waals surface area contributed by atoms with Crippen molar-refractivity contribution in [3.8, 4) is 0 Å². The molecule has 0 radical (unpaired) electrons. The average molecular weight is 328 g/mol. The molecule has 0 unspecified atom stereocenters. The van der Waals surface area contributed by atoms with Gasteiger partial charge in [0.05, 0.1) is 0 Å². The Morgan fingerprint density at radius 1 is 1.00 bits per heavy atom. The zero-order chi connectivity index (χ0) is 16.9. The van der Waals surface area contributed by atoms with E-state index in [4.69, 9.17) is 0 Å². The number of amides is 3. The lowest BCUT2D eigenvalue weighted by Gasteiger charge is -2.28. The fourth-order valence-corrected chi connectivity index (χ4v) is 3.72. The van der Waals surface area contributed by atoms with Gasteiger partial charge < -0.3 is 5.32 Å². The van der Waals surface area contributed by atoms with Crippen LogP contribution in [0.3, 0.4) is 0 Å². The molecule has 128 valence electrons. The van der Waals surface area contributed by atoms with Crippen molar-refractivity contribution in [1.82, 2.24) is 10.2 Å². The van der Waals surface area contributed by atoms with Crippen LogP contribution in [0.5, 0.6) is 0 Å². The fraction of sp³-hybridized carbons (Fsp3) is 0.526. The molecule has 0 atom stereocenters. The number of nitrogens with zero attached hydrogens (tertiary/aromatic N) is 1. The molecule has 3 rings (SSSR count). The van der Waals surface area contributed by atoms with Crippen molar-refractivity contribution in [2.45, 2.75) is 44.4 Å². The summed E-state index contributed by atoms with van der Waals surface area (Å²) in [5.74, 6) is 0.404. The molecule has 0 bridgehead atoms. The van der Waals surface area contributed by atoms with Gasteiger partial charge in [-0.25, -0.2) is 0 Å². The topological polar surface area (TPSA) is 66.5 Å². The third kappa shape index (κ3) is 3.83. The van der Waals surface area contributed by atoms with Crippen LogP contribution in [0.2, 0.25) is 0 Å². The van der Waals surface area contributed by atoms with Crippen molar-refractivity contribution in [1.29, 1.82) is 0 Å². The van der Waals surface area contributed by atoms with E-state index >= 15 is 0 Å². The Balaban J connectivity index is 1.41. The van der Waals surface area contributed by atoms with Gasteiger partial charge in [0, 0.05) is 31.8 Å². The molecule has 2 fully saturated rings. The van der Waals surface area contributed by atoms with Crippen LogP contribution in [-0.4, -0.2) is 35.7 Å². The number of benzene rings is 1. The second-order valence-electron chi connectivity index (χ2n) is 6.69. The zero-order valence-electron chi connectivity index (χ0n) is 13.9. The first kappa shape index (κ1) is 16.7. The molecule has 24 heavy (non-hydrogen) atoms. The van der Waals surface area contributed by atoms with Crippen molar-refractivity contribution >= 4 is 17.7 Å². The van der Waals surface area contributed by atoms with Gasteiger partial charge in [-0.1, -0.05) is 30.3 Å². The van der Waals surface area contributed by atoms with Crippen molar-refractivity contribution in [3.05, 3.63) is 35.9 Å². The summed E-state index contributed by atoms with van der Waals surface area (Å²) in [5.41, 5.74) is 1.36. The predicted octanol–water partition coefficient (Wildman–Crippen LogP) is 2.23. The van der Waals surface area contributed by atoms with Crippen molar-refractivity contribution in [2.24, 2.45) is 5.92 Å². The van der Waals surface area contributed by atoms with Crippen LogP contribution >= 0.6 is 0 Å². The first-order valence-corrected chi connectivity index (χ1v) is 8.81. The molecule has 3 amide bonds. The number of likely N-dealkylation sites (tertiary alicyclic amines) is 1. The highest BCUT2D eigenvalue weighted by Gasteiger charge is 2.29. The van der Waals surface area contributed by atoms with Crippen molar-refractivity contribution in [2.75, 3.05) is 13.1 Å². The molecule has 0 spiro atoms. The van der Waals surface area contributed by atoms with E-state index < -0.39 is 0 Å². The Bertz CT molecular complexity index is 590. The van der Waals surface area contributed by atoms with Crippen LogP contribution in [0.4, 0.5) is 0 Å². The lowest BCUT2D eigenvalue weighted by atomic mass is 9.78. The molecule has 1 heterocycles. The summed E-state index contributed by atoms with van der Waals surface area (Å²) in [6.07, 6.45) is 4.46. The van der Waals surface area contributed by atoms with Crippen LogP contribution in [0, 0.1) is 5.92 Å². The highest BCUT2D eigenvalue weighted by atomic mass is 16.2. The third-order valence-corrected chi connectivity index (χ3v) is 5.16. The summed E-state index contributed by atoms with van der Waals surface area (Å²) in [6, 6.07) is 10.5. The predicted molar refractivity (Wildman–Crippen MR) is 90.1 cm³/mol. The van der Waals surface area contributed by atoms with Crippen molar-refractivity contribution in [3.63, 3.8) is 0 Å². The lowest BCUT2D eigenvalue weighted by Crippen LogP contribution is -2.40. The Morgan fingerprint density at radius 2 is 1.62 bits per heavy atom. The number of nitrogens with one attached hydrogen (secondary N) is 1. The zero-order valence-corrected chi connectivity index (χ0v) is 13.9. The molecule has 1 aromatic rings. The second-order valence-corrected chi connectivity index (χ2v) is 6.69. The van der Waals surface area contributed by atoms with Crippen LogP contribution in [0.15, 0.2) is 30.3 Å². The van der Waals surface area contributed by atoms with Gasteiger partial charge >= 0.3 is 0 Å². The van der Waals surface area contributed by atoms with Crippen LogP contribution in [0.1, 0.15) is 50.0 Å². The number of hydrogen-bond acceptors (Lipinski definition) is 3. The maximum atomic E-state index is 12.3. The van der Waals surface area contributed by atoms with Crippen LogP contribution in [-0.2, 0) is 14.4 Å². The molecule has 0 aromatic heterocycles. The standard InChI is InChI=1S/C19H24N2O3/c22-17-10-11-18(23)21(17)13-12-20-19(24)16-8-6-15(7-9-16)14-4-2-1-3-5-14/h1-5,15-16H,6-13H2,(H,20,24). The van der Waals surface area contributed by atoms with E-state index in [9.17, 15) is 14.4 Å². The maximum Gasteiger partial charge on any atom is 0.229 e. The van der Waals surface area contributed by atoms with Gasteiger partial charge in [0.15, 0.2) is 0 Å². The summed E-state index contributed by atoms with van der Waals surface area (Å²) in [4.78, 5) is 36.6. The minimum Gasteiger partial charge on any atom is -0.354 e. The largest absolute Gasteiger partial charge is 0.354 e. The molecule has 5 nitrogen and oxygen atoms in total.